The number of hydrogen-bond donors (Lipinski definition) is 1. The van der Waals surface area contributed by atoms with E-state index in [0.29, 0.717) is 32.1 Å². The molecule has 1 aromatic rings. The van der Waals surface area contributed by atoms with E-state index < -0.39 is 4.92 Å². The summed E-state index contributed by atoms with van der Waals surface area (Å²) in [5.41, 5.74) is 5.72. The van der Waals surface area contributed by atoms with Crippen molar-refractivity contribution >= 4 is 23.3 Å². The molecule has 0 bridgehead atoms. The van der Waals surface area contributed by atoms with Crippen LogP contribution >= 0.6 is 0 Å². The van der Waals surface area contributed by atoms with Crippen molar-refractivity contribution < 1.29 is 14.4 Å². The Balaban J connectivity index is 2.01. The van der Waals surface area contributed by atoms with Gasteiger partial charge >= 0.3 is 5.69 Å². The topological polar surface area (TPSA) is 120 Å². The van der Waals surface area contributed by atoms with E-state index in [9.17, 15) is 10.1 Å². The van der Waals surface area contributed by atoms with E-state index in [0.717, 1.165) is 0 Å². The zero-order chi connectivity index (χ0) is 19.0. The fourth-order valence-corrected chi connectivity index (χ4v) is 3.68. The minimum absolute atomic E-state index is 0.0191. The number of nitro groups is 1. The molecule has 2 N–H and O–H groups in total. The number of aromatic nitrogens is 2. The summed E-state index contributed by atoms with van der Waals surface area (Å²) in [5, 5.41) is 11.6. The highest BCUT2D eigenvalue weighted by molar-refractivity contribution is 5.71. The van der Waals surface area contributed by atoms with Crippen LogP contribution in [0.25, 0.3) is 0 Å². The fraction of sp³-hybridized carbons (Fsp3) is 0.750. The Morgan fingerprint density at radius 1 is 0.962 bits per heavy atom. The van der Waals surface area contributed by atoms with Gasteiger partial charge in [0.25, 0.3) is 0 Å². The van der Waals surface area contributed by atoms with Gasteiger partial charge in [0.2, 0.25) is 17.6 Å². The Bertz CT molecular complexity index is 667. The maximum absolute atomic E-state index is 11.6. The number of rotatable bonds is 3. The van der Waals surface area contributed by atoms with Crippen LogP contribution in [-0.4, -0.2) is 65.5 Å². The first kappa shape index (κ1) is 18.6. The molecule has 0 unspecified atom stereocenters. The Morgan fingerprint density at radius 3 is 1.88 bits per heavy atom. The molecule has 2 aliphatic heterocycles. The van der Waals surface area contributed by atoms with Crippen LogP contribution in [0.1, 0.15) is 27.7 Å². The second-order valence-electron chi connectivity index (χ2n) is 7.16. The molecule has 0 amide bonds. The van der Waals surface area contributed by atoms with E-state index in [4.69, 9.17) is 15.2 Å². The highest BCUT2D eigenvalue weighted by atomic mass is 16.6. The molecule has 10 heteroatoms. The van der Waals surface area contributed by atoms with E-state index in [1.165, 1.54) is 0 Å². The second-order valence-corrected chi connectivity index (χ2v) is 7.16. The lowest BCUT2D eigenvalue weighted by molar-refractivity contribution is -0.383. The average molecular weight is 366 g/mol. The average Bonchev–Trinajstić information content (AvgIpc) is 2.51. The summed E-state index contributed by atoms with van der Waals surface area (Å²) in [6, 6.07) is 0. The van der Waals surface area contributed by atoms with Crippen LogP contribution in [0.4, 0.5) is 23.3 Å². The first-order valence-corrected chi connectivity index (χ1v) is 8.87. The Hall–Kier alpha value is -2.20. The summed E-state index contributed by atoms with van der Waals surface area (Å²) in [5.74, 6) is 0.539. The predicted molar refractivity (Wildman–Crippen MR) is 97.5 cm³/mol. The summed E-state index contributed by atoms with van der Waals surface area (Å²) in [7, 11) is 0. The molecule has 10 nitrogen and oxygen atoms in total. The van der Waals surface area contributed by atoms with Crippen molar-refractivity contribution in [1.82, 2.24) is 9.97 Å². The van der Waals surface area contributed by atoms with E-state index in [-0.39, 0.29) is 41.7 Å². The lowest BCUT2D eigenvalue weighted by atomic mass is 10.2. The third-order valence-corrected chi connectivity index (χ3v) is 4.48. The highest BCUT2D eigenvalue weighted by Gasteiger charge is 2.34. The highest BCUT2D eigenvalue weighted by Crippen LogP contribution is 2.34. The first-order valence-electron chi connectivity index (χ1n) is 8.87. The number of morpholine rings is 2. The van der Waals surface area contributed by atoms with E-state index in [1.54, 1.807) is 0 Å². The molecule has 4 atom stereocenters. The number of hydrogen-bond acceptors (Lipinski definition) is 9. The number of nitrogen functional groups attached to an aromatic ring is 1. The van der Waals surface area contributed by atoms with Gasteiger partial charge in [-0.3, -0.25) is 10.1 Å². The molecular formula is C16H26N6O4. The zero-order valence-electron chi connectivity index (χ0n) is 15.6. The number of nitrogens with two attached hydrogens (primary N) is 1. The predicted octanol–water partition coefficient (Wildman–Crippen LogP) is 1.19. The summed E-state index contributed by atoms with van der Waals surface area (Å²) >= 11 is 0. The normalized spacial score (nSPS) is 29.7. The monoisotopic (exact) mass is 366 g/mol. The zero-order valence-corrected chi connectivity index (χ0v) is 15.6. The number of anilines is 3. The summed E-state index contributed by atoms with van der Waals surface area (Å²) in [6.45, 7) is 10.1. The molecule has 0 radical (unpaired) electrons. The van der Waals surface area contributed by atoms with Crippen molar-refractivity contribution in [1.29, 1.82) is 0 Å². The van der Waals surface area contributed by atoms with Crippen molar-refractivity contribution in [2.24, 2.45) is 0 Å². The van der Waals surface area contributed by atoms with Crippen molar-refractivity contribution in [3.05, 3.63) is 10.1 Å². The maximum atomic E-state index is 11.6. The van der Waals surface area contributed by atoms with Crippen LogP contribution in [0.15, 0.2) is 0 Å². The van der Waals surface area contributed by atoms with Crippen molar-refractivity contribution in [2.75, 3.05) is 41.7 Å². The third kappa shape index (κ3) is 3.80. The first-order chi connectivity index (χ1) is 12.2. The van der Waals surface area contributed by atoms with Gasteiger partial charge < -0.3 is 25.0 Å². The Labute approximate surface area is 152 Å². The van der Waals surface area contributed by atoms with Crippen LogP contribution < -0.4 is 15.5 Å². The van der Waals surface area contributed by atoms with Crippen LogP contribution in [0.3, 0.4) is 0 Å². The minimum atomic E-state index is -0.510. The molecule has 0 aliphatic carbocycles. The Kier molecular flexibility index (Phi) is 5.15. The van der Waals surface area contributed by atoms with Crippen molar-refractivity contribution in [3.8, 4) is 0 Å². The van der Waals surface area contributed by atoms with Gasteiger partial charge in [-0.2, -0.15) is 9.97 Å². The van der Waals surface area contributed by atoms with Gasteiger partial charge in [0.15, 0.2) is 0 Å². The van der Waals surface area contributed by atoms with Crippen LogP contribution in [0, 0.1) is 10.1 Å². The lowest BCUT2D eigenvalue weighted by Crippen LogP contribution is -2.47. The number of nitrogens with zero attached hydrogens (tertiary/aromatic N) is 5. The van der Waals surface area contributed by atoms with E-state index in [1.807, 2.05) is 37.5 Å². The molecule has 0 spiro atoms. The summed E-state index contributed by atoms with van der Waals surface area (Å²) < 4.78 is 11.5. The maximum Gasteiger partial charge on any atom is 0.353 e. The second kappa shape index (κ2) is 7.20. The van der Waals surface area contributed by atoms with Gasteiger partial charge in [-0.25, -0.2) is 0 Å². The van der Waals surface area contributed by atoms with Gasteiger partial charge in [0, 0.05) is 26.2 Å². The molecule has 2 fully saturated rings. The quantitative estimate of drug-likeness (QED) is 0.621. The smallest absolute Gasteiger partial charge is 0.353 e. The van der Waals surface area contributed by atoms with Crippen molar-refractivity contribution in [2.45, 2.75) is 52.1 Å². The van der Waals surface area contributed by atoms with Crippen LogP contribution in [-0.2, 0) is 9.47 Å². The molecule has 1 aromatic heterocycles. The summed E-state index contributed by atoms with van der Waals surface area (Å²) in [6.07, 6.45) is -0.0702. The molecule has 3 heterocycles. The molecule has 2 saturated heterocycles. The standard InChI is InChI=1S/C16H26N6O4/c1-9-5-20(6-10(2)25-9)15-13(22(23)24)14(17)18-16(19-15)21-7-11(3)26-12(4)8-21/h9-12H,5-8H2,1-4H3,(H2,17,18,19)/t9-,10-,11-,12+/m0/s1. The van der Waals surface area contributed by atoms with Gasteiger partial charge in [-0.15, -0.1) is 0 Å². The van der Waals surface area contributed by atoms with E-state index in [2.05, 4.69) is 9.97 Å². The largest absolute Gasteiger partial charge is 0.378 e. The molecule has 2 aliphatic rings. The SMILES string of the molecule is C[C@@H]1CN(c2nc(N)c([N+](=O)[O-])c(N3C[C@H](C)O[C@@H](C)C3)n2)C[C@H](C)O1. The van der Waals surface area contributed by atoms with Gasteiger partial charge in [-0.1, -0.05) is 0 Å². The van der Waals surface area contributed by atoms with Crippen LogP contribution in [0.2, 0.25) is 0 Å². The van der Waals surface area contributed by atoms with E-state index >= 15 is 0 Å². The molecular weight excluding hydrogens is 340 g/mol. The van der Waals surface area contributed by atoms with Gasteiger partial charge in [0.1, 0.15) is 0 Å². The molecule has 144 valence electrons. The number of ether oxygens (including phenoxy) is 2. The molecule has 0 saturated carbocycles. The molecule has 26 heavy (non-hydrogen) atoms. The van der Waals surface area contributed by atoms with Gasteiger partial charge in [-0.05, 0) is 27.7 Å². The van der Waals surface area contributed by atoms with Crippen LogP contribution in [0.5, 0.6) is 0 Å². The molecule has 3 rings (SSSR count). The lowest BCUT2D eigenvalue weighted by Gasteiger charge is -2.37. The van der Waals surface area contributed by atoms with Crippen molar-refractivity contribution in [3.63, 3.8) is 0 Å². The molecule has 0 aromatic carbocycles. The fourth-order valence-electron chi connectivity index (χ4n) is 3.68. The minimum Gasteiger partial charge on any atom is -0.378 e. The van der Waals surface area contributed by atoms with Gasteiger partial charge in [0.05, 0.1) is 29.3 Å². The summed E-state index contributed by atoms with van der Waals surface area (Å²) in [4.78, 5) is 23.7. The Morgan fingerprint density at radius 2 is 1.42 bits per heavy atom. The third-order valence-electron chi connectivity index (χ3n) is 4.48.